The molecule has 2 rings (SSSR count). The summed E-state index contributed by atoms with van der Waals surface area (Å²) in [5.41, 5.74) is 12.1. The molecule has 0 bridgehead atoms. The second kappa shape index (κ2) is 26.5. The Balaban J connectivity index is 2.35. The lowest BCUT2D eigenvalue weighted by molar-refractivity contribution is -0.143. The predicted octanol–water partition coefficient (Wildman–Crippen LogP) is -2.52. The lowest BCUT2D eigenvalue weighted by atomic mass is 10.0. The first-order valence-corrected chi connectivity index (χ1v) is 22.2. The number of thioether (sulfide) groups is 1. The number of benzene rings is 1. The maximum absolute atomic E-state index is 14.1. The van der Waals surface area contributed by atoms with Crippen molar-refractivity contribution in [3.8, 4) is 0 Å². The van der Waals surface area contributed by atoms with E-state index < -0.39 is 132 Å². The molecule has 8 amide bonds. The molecule has 23 nitrogen and oxygen atoms in total. The van der Waals surface area contributed by atoms with Gasteiger partial charge in [-0.05, 0) is 69.6 Å². The van der Waals surface area contributed by atoms with E-state index in [1.807, 2.05) is 0 Å². The number of nitrogens with two attached hydrogens (primary N) is 2. The van der Waals surface area contributed by atoms with Gasteiger partial charge in [0.05, 0.1) is 12.1 Å². The van der Waals surface area contributed by atoms with E-state index in [1.54, 1.807) is 50.6 Å². The number of aliphatic carboxylic acids is 2. The number of carbonyl (C=O) groups is 10. The van der Waals surface area contributed by atoms with E-state index >= 15 is 0 Å². The fourth-order valence-electron chi connectivity index (χ4n) is 6.25. The van der Waals surface area contributed by atoms with Crippen molar-refractivity contribution in [1.82, 2.24) is 42.2 Å². The fourth-order valence-corrected chi connectivity index (χ4v) is 6.72. The molecule has 0 radical (unpaired) electrons. The van der Waals surface area contributed by atoms with Gasteiger partial charge in [0.1, 0.15) is 42.3 Å². The van der Waals surface area contributed by atoms with Crippen LogP contribution in [0.15, 0.2) is 30.5 Å². The van der Waals surface area contributed by atoms with Crippen LogP contribution in [0, 0.1) is 5.92 Å². The summed E-state index contributed by atoms with van der Waals surface area (Å²) < 4.78 is 0. The third kappa shape index (κ3) is 18.0. The molecule has 0 saturated carbocycles. The van der Waals surface area contributed by atoms with Crippen molar-refractivity contribution in [3.05, 3.63) is 36.0 Å². The molecule has 360 valence electrons. The van der Waals surface area contributed by atoms with Crippen molar-refractivity contribution in [3.63, 3.8) is 0 Å². The second-order valence-corrected chi connectivity index (χ2v) is 16.8. The van der Waals surface area contributed by atoms with Gasteiger partial charge in [0.15, 0.2) is 0 Å². The van der Waals surface area contributed by atoms with E-state index in [9.17, 15) is 63.3 Å². The number of fused-ring (bicyclic) bond motifs is 1. The molecule has 15 N–H and O–H groups in total. The number of carboxylic acids is 2. The summed E-state index contributed by atoms with van der Waals surface area (Å²) in [4.78, 5) is 131. The minimum absolute atomic E-state index is 0.0704. The molecule has 65 heavy (non-hydrogen) atoms. The minimum atomic E-state index is -1.77. The zero-order valence-electron chi connectivity index (χ0n) is 37.1. The number of aromatic nitrogens is 1. The van der Waals surface area contributed by atoms with Gasteiger partial charge in [0, 0.05) is 36.4 Å². The maximum atomic E-state index is 14.1. The largest absolute Gasteiger partial charge is 0.481 e. The van der Waals surface area contributed by atoms with Gasteiger partial charge in [-0.1, -0.05) is 32.0 Å². The average Bonchev–Trinajstić information content (AvgIpc) is 3.64. The summed E-state index contributed by atoms with van der Waals surface area (Å²) in [6.07, 6.45) is 0.228. The molecular formula is C41H62N10O13S. The summed E-state index contributed by atoms with van der Waals surface area (Å²) in [6.45, 7) is 6.93. The molecule has 0 spiro atoms. The Kier molecular flexibility index (Phi) is 22.4. The minimum Gasteiger partial charge on any atom is -0.481 e. The van der Waals surface area contributed by atoms with Crippen molar-refractivity contribution < 1.29 is 63.3 Å². The Morgan fingerprint density at radius 3 is 1.75 bits per heavy atom. The van der Waals surface area contributed by atoms with Crippen LogP contribution in [0.5, 0.6) is 0 Å². The van der Waals surface area contributed by atoms with Gasteiger partial charge >= 0.3 is 11.9 Å². The van der Waals surface area contributed by atoms with Gasteiger partial charge in [-0.2, -0.15) is 11.8 Å². The van der Waals surface area contributed by atoms with Crippen LogP contribution in [0.1, 0.15) is 72.3 Å². The Hall–Kier alpha value is -6.27. The molecule has 1 heterocycles. The predicted molar refractivity (Wildman–Crippen MR) is 237 cm³/mol. The van der Waals surface area contributed by atoms with Gasteiger partial charge in [0.25, 0.3) is 0 Å². The van der Waals surface area contributed by atoms with Gasteiger partial charge in [-0.15, -0.1) is 0 Å². The third-order valence-electron chi connectivity index (χ3n) is 10.1. The van der Waals surface area contributed by atoms with E-state index in [4.69, 9.17) is 11.5 Å². The zero-order chi connectivity index (χ0) is 49.1. The topological polar surface area (TPSA) is 383 Å². The first kappa shape index (κ1) is 54.9. The van der Waals surface area contributed by atoms with E-state index in [2.05, 4.69) is 42.2 Å². The highest BCUT2D eigenvalue weighted by atomic mass is 32.2. The molecule has 24 heteroatoms. The first-order valence-electron chi connectivity index (χ1n) is 20.8. The molecule has 0 aliphatic rings. The van der Waals surface area contributed by atoms with Gasteiger partial charge in [-0.25, -0.2) is 4.79 Å². The van der Waals surface area contributed by atoms with E-state index in [1.165, 1.54) is 25.6 Å². The Morgan fingerprint density at radius 2 is 1.18 bits per heavy atom. The number of carbonyl (C=O) groups excluding carboxylic acids is 8. The summed E-state index contributed by atoms with van der Waals surface area (Å²) in [6, 6.07) is -4.14. The lowest BCUT2D eigenvalue weighted by Crippen LogP contribution is -2.62. The number of nitrogens with one attached hydrogen (secondary N) is 8. The van der Waals surface area contributed by atoms with Crippen molar-refractivity contribution in [2.45, 2.75) is 128 Å². The van der Waals surface area contributed by atoms with Crippen LogP contribution in [-0.2, 0) is 54.4 Å². The van der Waals surface area contributed by atoms with Crippen molar-refractivity contribution in [2.75, 3.05) is 12.0 Å². The van der Waals surface area contributed by atoms with Crippen molar-refractivity contribution >= 4 is 81.9 Å². The number of rotatable bonds is 28. The maximum Gasteiger partial charge on any atom is 0.326 e. The summed E-state index contributed by atoms with van der Waals surface area (Å²) in [5.74, 6) is -9.91. The number of primary amides is 1. The number of aliphatic hydroxyl groups excluding tert-OH is 1. The molecule has 0 fully saturated rings. The molecule has 1 aromatic heterocycles. The standard InChI is InChI=1S/C41H62N10O13S/c1-19(2)32(39(61)48-28(41(63)64)15-16-65-6)50-40(62)33(22(5)52)51-37(59)27(12-14-31(54)55)47-38(60)29(17-23-18-44-26-10-8-7-9-24(23)26)49-35(57)21(4)45-34(56)20(3)46-36(58)25(42)11-13-30(43)53/h7-10,18-22,25,27-29,32-33,44,52H,11-17,42H2,1-6H3,(H2,43,53)(H,45,56)(H,46,58)(H,47,60)(H,48,61)(H,49,57)(H,50,62)(H,51,59)(H,54,55)(H,63,64)/t20-,21-,22+,25-,27-,28-,29-,32-,33-/m0/s1. The highest BCUT2D eigenvalue weighted by Gasteiger charge is 2.36. The van der Waals surface area contributed by atoms with E-state index in [0.717, 1.165) is 6.92 Å². The van der Waals surface area contributed by atoms with Gasteiger partial charge in [-0.3, -0.25) is 43.2 Å². The number of H-pyrrole nitrogens is 1. The van der Waals surface area contributed by atoms with Crippen LogP contribution < -0.4 is 48.7 Å². The molecule has 0 aliphatic heterocycles. The van der Waals surface area contributed by atoms with Gasteiger partial charge < -0.3 is 69.0 Å². The fraction of sp³-hybridized carbons (Fsp3) is 0.561. The SMILES string of the molecule is CSCC[C@H](NC(=O)[C@@H](NC(=O)[C@@H](NC(=O)[C@H](CCC(=O)O)NC(=O)[C@H](Cc1c[nH]c2ccccc12)NC(=O)[C@H](C)NC(=O)[C@H](C)NC(=O)[C@@H](N)CCC(N)=O)[C@@H](C)O)C(C)C)C(=O)O. The Labute approximate surface area is 379 Å². The molecule has 0 unspecified atom stereocenters. The molecule has 1 aromatic carbocycles. The van der Waals surface area contributed by atoms with Crippen molar-refractivity contribution in [2.24, 2.45) is 17.4 Å². The van der Waals surface area contributed by atoms with Gasteiger partial charge in [0.2, 0.25) is 47.3 Å². The normalized spacial score (nSPS) is 15.3. The molecule has 2 aromatic rings. The smallest absolute Gasteiger partial charge is 0.326 e. The molecule has 0 aliphatic carbocycles. The zero-order valence-corrected chi connectivity index (χ0v) is 37.9. The number of amides is 8. The van der Waals surface area contributed by atoms with E-state index in [-0.39, 0.29) is 25.7 Å². The number of carboxylic acid groups (broad SMARTS) is 2. The van der Waals surface area contributed by atoms with Crippen LogP contribution in [0.3, 0.4) is 0 Å². The van der Waals surface area contributed by atoms with Crippen molar-refractivity contribution in [1.29, 1.82) is 0 Å². The number of aliphatic hydroxyl groups is 1. The molecule has 0 saturated heterocycles. The van der Waals surface area contributed by atoms with Crippen LogP contribution in [-0.4, -0.2) is 146 Å². The summed E-state index contributed by atoms with van der Waals surface area (Å²) in [7, 11) is 0. The average molecular weight is 935 g/mol. The number of para-hydroxylation sites is 1. The summed E-state index contributed by atoms with van der Waals surface area (Å²) >= 11 is 1.37. The highest BCUT2D eigenvalue weighted by Crippen LogP contribution is 2.20. The van der Waals surface area contributed by atoms with E-state index in [0.29, 0.717) is 22.2 Å². The van der Waals surface area contributed by atoms with Crippen LogP contribution in [0.2, 0.25) is 0 Å². The number of hydrogen-bond acceptors (Lipinski definition) is 13. The lowest BCUT2D eigenvalue weighted by Gasteiger charge is -2.29. The molecular weight excluding hydrogens is 873 g/mol. The quantitative estimate of drug-likeness (QED) is 0.0419. The number of aromatic amines is 1. The second-order valence-electron chi connectivity index (χ2n) is 15.8. The van der Waals surface area contributed by atoms with Crippen LogP contribution >= 0.6 is 11.8 Å². The Bertz CT molecular complexity index is 2030. The first-order chi connectivity index (χ1) is 30.5. The monoisotopic (exact) mass is 934 g/mol. The third-order valence-corrected chi connectivity index (χ3v) is 10.7. The molecule has 9 atom stereocenters. The summed E-state index contributed by atoms with van der Waals surface area (Å²) in [5, 5.41) is 47.4. The Morgan fingerprint density at radius 1 is 0.646 bits per heavy atom. The number of hydrogen-bond donors (Lipinski definition) is 13. The highest BCUT2D eigenvalue weighted by molar-refractivity contribution is 7.98. The van der Waals surface area contributed by atoms with Crippen LogP contribution in [0.25, 0.3) is 10.9 Å². The van der Waals surface area contributed by atoms with Crippen LogP contribution in [0.4, 0.5) is 0 Å².